The van der Waals surface area contributed by atoms with Crippen molar-refractivity contribution in [3.63, 3.8) is 0 Å². The second-order valence-electron chi connectivity index (χ2n) is 7.25. The molecule has 0 bridgehead atoms. The molecule has 1 atom stereocenters. The molecule has 0 spiro atoms. The van der Waals surface area contributed by atoms with Crippen molar-refractivity contribution in [3.05, 3.63) is 70.8 Å². The van der Waals surface area contributed by atoms with E-state index in [1.165, 1.54) is 11.1 Å². The standard InChI is InChI=1S/C24H32N2O2S/c1-5-22(24(28)25-6-2)26(15-21-10-8-7-9-19(21)4)23(27)17-29-16-20-13-11-18(3)12-14-20/h7-14,22H,5-6,15-17H2,1-4H3,(H,25,28)/t22-/m0/s1. The van der Waals surface area contributed by atoms with Crippen molar-refractivity contribution in [2.45, 2.75) is 52.5 Å². The number of thioether (sulfide) groups is 1. The number of amides is 2. The van der Waals surface area contributed by atoms with Crippen LogP contribution in [0.15, 0.2) is 48.5 Å². The van der Waals surface area contributed by atoms with Crippen LogP contribution in [0.2, 0.25) is 0 Å². The molecule has 29 heavy (non-hydrogen) atoms. The second kappa shape index (κ2) is 11.7. The molecular weight excluding hydrogens is 380 g/mol. The summed E-state index contributed by atoms with van der Waals surface area (Å²) in [5, 5.41) is 2.88. The van der Waals surface area contributed by atoms with Gasteiger partial charge in [0, 0.05) is 18.8 Å². The number of hydrogen-bond donors (Lipinski definition) is 1. The highest BCUT2D eigenvalue weighted by atomic mass is 32.2. The molecule has 0 saturated carbocycles. The van der Waals surface area contributed by atoms with Gasteiger partial charge >= 0.3 is 0 Å². The number of carbonyl (C=O) groups is 2. The molecule has 156 valence electrons. The zero-order valence-electron chi connectivity index (χ0n) is 17.9. The first-order chi connectivity index (χ1) is 14.0. The predicted molar refractivity (Wildman–Crippen MR) is 122 cm³/mol. The normalized spacial score (nSPS) is 11.7. The van der Waals surface area contributed by atoms with Crippen LogP contribution >= 0.6 is 11.8 Å². The average molecular weight is 413 g/mol. The van der Waals surface area contributed by atoms with E-state index in [0.717, 1.165) is 16.9 Å². The largest absolute Gasteiger partial charge is 0.355 e. The van der Waals surface area contributed by atoms with Crippen molar-refractivity contribution in [1.82, 2.24) is 10.2 Å². The first-order valence-corrected chi connectivity index (χ1v) is 11.4. The summed E-state index contributed by atoms with van der Waals surface area (Å²) in [6.07, 6.45) is 0.589. The highest BCUT2D eigenvalue weighted by molar-refractivity contribution is 7.99. The predicted octanol–water partition coefficient (Wildman–Crippen LogP) is 4.48. The summed E-state index contributed by atoms with van der Waals surface area (Å²) in [5.74, 6) is 1.06. The van der Waals surface area contributed by atoms with Gasteiger partial charge in [-0.05, 0) is 43.9 Å². The summed E-state index contributed by atoms with van der Waals surface area (Å²) in [4.78, 5) is 27.5. The van der Waals surface area contributed by atoms with Gasteiger partial charge in [0.2, 0.25) is 11.8 Å². The van der Waals surface area contributed by atoms with Crippen LogP contribution in [0.4, 0.5) is 0 Å². The third-order valence-corrected chi connectivity index (χ3v) is 5.94. The highest BCUT2D eigenvalue weighted by Gasteiger charge is 2.28. The molecule has 0 aliphatic heterocycles. The van der Waals surface area contributed by atoms with Crippen molar-refractivity contribution >= 4 is 23.6 Å². The topological polar surface area (TPSA) is 49.4 Å². The third kappa shape index (κ3) is 6.93. The lowest BCUT2D eigenvalue weighted by Crippen LogP contribution is -2.49. The van der Waals surface area contributed by atoms with Crippen LogP contribution < -0.4 is 5.32 Å². The van der Waals surface area contributed by atoms with Crippen molar-refractivity contribution < 1.29 is 9.59 Å². The van der Waals surface area contributed by atoms with Crippen LogP contribution in [0, 0.1) is 13.8 Å². The smallest absolute Gasteiger partial charge is 0.242 e. The molecule has 0 heterocycles. The lowest BCUT2D eigenvalue weighted by Gasteiger charge is -2.31. The number of hydrogen-bond acceptors (Lipinski definition) is 3. The van der Waals surface area contributed by atoms with Gasteiger partial charge in [-0.1, -0.05) is 61.0 Å². The molecule has 0 aliphatic rings. The molecule has 0 unspecified atom stereocenters. The fraction of sp³-hybridized carbons (Fsp3) is 0.417. The summed E-state index contributed by atoms with van der Waals surface area (Å²) in [6.45, 7) is 8.97. The van der Waals surface area contributed by atoms with Crippen molar-refractivity contribution in [1.29, 1.82) is 0 Å². The number of nitrogens with zero attached hydrogens (tertiary/aromatic N) is 1. The molecule has 4 nitrogen and oxygen atoms in total. The minimum Gasteiger partial charge on any atom is -0.355 e. The van der Waals surface area contributed by atoms with E-state index in [1.54, 1.807) is 16.7 Å². The second-order valence-corrected chi connectivity index (χ2v) is 8.23. The van der Waals surface area contributed by atoms with Gasteiger partial charge in [0.1, 0.15) is 6.04 Å². The molecule has 2 aromatic rings. The van der Waals surface area contributed by atoms with E-state index in [9.17, 15) is 9.59 Å². The molecule has 1 N–H and O–H groups in total. The Hall–Kier alpha value is -2.27. The zero-order valence-corrected chi connectivity index (χ0v) is 18.7. The van der Waals surface area contributed by atoms with Gasteiger partial charge in [-0.2, -0.15) is 0 Å². The molecule has 5 heteroatoms. The maximum atomic E-state index is 13.1. The fourth-order valence-electron chi connectivity index (χ4n) is 3.21. The molecule has 2 amide bonds. The number of benzene rings is 2. The maximum absolute atomic E-state index is 13.1. The maximum Gasteiger partial charge on any atom is 0.242 e. The van der Waals surface area contributed by atoms with Gasteiger partial charge < -0.3 is 10.2 Å². The van der Waals surface area contributed by atoms with E-state index in [4.69, 9.17) is 0 Å². The Bertz CT molecular complexity index is 805. The van der Waals surface area contributed by atoms with Crippen LogP contribution in [-0.4, -0.2) is 35.1 Å². The summed E-state index contributed by atoms with van der Waals surface area (Å²) >= 11 is 1.59. The molecule has 0 radical (unpaired) electrons. The quantitative estimate of drug-likeness (QED) is 0.626. The summed E-state index contributed by atoms with van der Waals surface area (Å²) in [5.41, 5.74) is 4.64. The molecule has 0 aromatic heterocycles. The number of carbonyl (C=O) groups excluding carboxylic acids is 2. The fourth-order valence-corrected chi connectivity index (χ4v) is 4.08. The van der Waals surface area contributed by atoms with Crippen LogP contribution in [0.1, 0.15) is 42.5 Å². The molecule has 2 aromatic carbocycles. The number of aryl methyl sites for hydroxylation is 2. The van der Waals surface area contributed by atoms with Gasteiger partial charge in [-0.3, -0.25) is 9.59 Å². The van der Waals surface area contributed by atoms with Crippen molar-refractivity contribution in [3.8, 4) is 0 Å². The Labute approximate surface area is 179 Å². The molecular formula is C24H32N2O2S. The van der Waals surface area contributed by atoms with E-state index in [-0.39, 0.29) is 11.8 Å². The van der Waals surface area contributed by atoms with E-state index in [0.29, 0.717) is 25.3 Å². The molecule has 0 saturated heterocycles. The number of likely N-dealkylation sites (N-methyl/N-ethyl adjacent to an activating group) is 1. The number of rotatable bonds is 10. The minimum absolute atomic E-state index is 0.00321. The van der Waals surface area contributed by atoms with Crippen LogP contribution in [0.5, 0.6) is 0 Å². The third-order valence-electron chi connectivity index (χ3n) is 4.95. The lowest BCUT2D eigenvalue weighted by molar-refractivity contribution is -0.139. The van der Waals surface area contributed by atoms with E-state index < -0.39 is 6.04 Å². The summed E-state index contributed by atoms with van der Waals surface area (Å²) in [7, 11) is 0. The van der Waals surface area contributed by atoms with Gasteiger partial charge in [0.15, 0.2) is 0 Å². The van der Waals surface area contributed by atoms with Crippen molar-refractivity contribution in [2.24, 2.45) is 0 Å². The van der Waals surface area contributed by atoms with E-state index in [1.807, 2.05) is 45.0 Å². The SMILES string of the molecule is CCNC(=O)[C@H](CC)N(Cc1ccccc1C)C(=O)CSCc1ccc(C)cc1. The monoisotopic (exact) mass is 412 g/mol. The number of nitrogens with one attached hydrogen (secondary N) is 1. The van der Waals surface area contributed by atoms with E-state index in [2.05, 4.69) is 36.5 Å². The van der Waals surface area contributed by atoms with Crippen molar-refractivity contribution in [2.75, 3.05) is 12.3 Å². The van der Waals surface area contributed by atoms with Crippen LogP contribution in [-0.2, 0) is 21.9 Å². The molecule has 0 aliphatic carbocycles. The van der Waals surface area contributed by atoms with Gasteiger partial charge in [-0.25, -0.2) is 0 Å². The summed E-state index contributed by atoms with van der Waals surface area (Å²) in [6, 6.07) is 15.9. The first kappa shape index (κ1) is 23.0. The Kier molecular flexibility index (Phi) is 9.26. The molecule has 0 fully saturated rings. The van der Waals surface area contributed by atoms with E-state index >= 15 is 0 Å². The molecule has 2 rings (SSSR count). The lowest BCUT2D eigenvalue weighted by atomic mass is 10.1. The average Bonchev–Trinajstić information content (AvgIpc) is 2.71. The van der Waals surface area contributed by atoms with Gasteiger partial charge in [-0.15, -0.1) is 11.8 Å². The highest BCUT2D eigenvalue weighted by Crippen LogP contribution is 2.19. The van der Waals surface area contributed by atoms with Crippen LogP contribution in [0.25, 0.3) is 0 Å². The van der Waals surface area contributed by atoms with Crippen LogP contribution in [0.3, 0.4) is 0 Å². The Balaban J connectivity index is 2.11. The first-order valence-electron chi connectivity index (χ1n) is 10.2. The van der Waals surface area contributed by atoms with Gasteiger partial charge in [0.25, 0.3) is 0 Å². The summed E-state index contributed by atoms with van der Waals surface area (Å²) < 4.78 is 0. The zero-order chi connectivity index (χ0) is 21.2. The Morgan fingerprint density at radius 3 is 2.34 bits per heavy atom. The van der Waals surface area contributed by atoms with Gasteiger partial charge in [0.05, 0.1) is 5.75 Å². The Morgan fingerprint density at radius 2 is 1.72 bits per heavy atom. The Morgan fingerprint density at radius 1 is 1.03 bits per heavy atom. The minimum atomic E-state index is -0.456.